The lowest BCUT2D eigenvalue weighted by Gasteiger charge is -2.23. The van der Waals surface area contributed by atoms with E-state index in [1.54, 1.807) is 4.90 Å². The first kappa shape index (κ1) is 21.1. The van der Waals surface area contributed by atoms with Gasteiger partial charge in [0.2, 0.25) is 11.8 Å². The summed E-state index contributed by atoms with van der Waals surface area (Å²) < 4.78 is 5.53. The molecule has 1 aliphatic heterocycles. The summed E-state index contributed by atoms with van der Waals surface area (Å²) in [5.41, 5.74) is 4.06. The van der Waals surface area contributed by atoms with Crippen molar-refractivity contribution in [2.45, 2.75) is 52.2 Å². The van der Waals surface area contributed by atoms with Crippen LogP contribution in [0, 0.1) is 6.92 Å². The van der Waals surface area contributed by atoms with Crippen molar-refractivity contribution >= 4 is 17.5 Å². The molecule has 1 heterocycles. The molecule has 1 unspecified atom stereocenters. The van der Waals surface area contributed by atoms with Crippen molar-refractivity contribution in [3.8, 4) is 0 Å². The van der Waals surface area contributed by atoms with Crippen LogP contribution in [0.1, 0.15) is 42.9 Å². The van der Waals surface area contributed by atoms with Crippen LogP contribution in [0.3, 0.4) is 0 Å². The van der Waals surface area contributed by atoms with Crippen molar-refractivity contribution in [3.05, 3.63) is 65.2 Å². The Bertz CT molecular complexity index is 826. The Hall–Kier alpha value is -2.66. The van der Waals surface area contributed by atoms with E-state index in [0.29, 0.717) is 25.9 Å². The molecule has 5 nitrogen and oxygen atoms in total. The van der Waals surface area contributed by atoms with Gasteiger partial charge in [0.25, 0.3) is 0 Å². The van der Waals surface area contributed by atoms with Crippen molar-refractivity contribution in [2.24, 2.45) is 0 Å². The van der Waals surface area contributed by atoms with E-state index in [2.05, 4.69) is 11.4 Å². The van der Waals surface area contributed by atoms with Gasteiger partial charge in [0.05, 0.1) is 19.1 Å². The maximum absolute atomic E-state index is 12.5. The fourth-order valence-corrected chi connectivity index (χ4v) is 3.58. The summed E-state index contributed by atoms with van der Waals surface area (Å²) in [6, 6.07) is 15.9. The Kier molecular flexibility index (Phi) is 7.42. The molecule has 0 bridgehead atoms. The van der Waals surface area contributed by atoms with Crippen molar-refractivity contribution < 1.29 is 14.3 Å². The van der Waals surface area contributed by atoms with E-state index >= 15 is 0 Å². The number of anilines is 1. The van der Waals surface area contributed by atoms with E-state index in [1.807, 2.05) is 56.3 Å². The minimum Gasteiger partial charge on any atom is -0.376 e. The first-order chi connectivity index (χ1) is 14.0. The van der Waals surface area contributed by atoms with Gasteiger partial charge in [-0.25, -0.2) is 0 Å². The Labute approximate surface area is 173 Å². The maximum atomic E-state index is 12.5. The van der Waals surface area contributed by atoms with Crippen LogP contribution in [0.4, 0.5) is 5.69 Å². The first-order valence-electron chi connectivity index (χ1n) is 10.4. The number of amides is 2. The number of hydrogen-bond acceptors (Lipinski definition) is 3. The molecule has 1 aliphatic rings. The molecule has 1 saturated heterocycles. The quantitative estimate of drug-likeness (QED) is 0.741. The molecule has 0 aromatic heterocycles. The van der Waals surface area contributed by atoms with E-state index in [0.717, 1.165) is 36.3 Å². The molecule has 1 N–H and O–H groups in total. The van der Waals surface area contributed by atoms with Gasteiger partial charge < -0.3 is 15.0 Å². The number of rotatable bonds is 8. The molecular weight excluding hydrogens is 364 g/mol. The average molecular weight is 395 g/mol. The van der Waals surface area contributed by atoms with Crippen LogP contribution >= 0.6 is 0 Å². The highest BCUT2D eigenvalue weighted by atomic mass is 16.5. The minimum absolute atomic E-state index is 0.00509. The second kappa shape index (κ2) is 10.2. The third-order valence-electron chi connectivity index (χ3n) is 5.19. The number of benzene rings is 2. The maximum Gasteiger partial charge on any atom is 0.227 e. The number of nitrogens with one attached hydrogen (secondary N) is 1. The van der Waals surface area contributed by atoms with E-state index < -0.39 is 0 Å². The monoisotopic (exact) mass is 394 g/mol. The van der Waals surface area contributed by atoms with Gasteiger partial charge >= 0.3 is 0 Å². The number of nitrogens with zero attached hydrogens (tertiary/aromatic N) is 1. The van der Waals surface area contributed by atoms with E-state index in [4.69, 9.17) is 4.74 Å². The second-order valence-electron chi connectivity index (χ2n) is 7.60. The van der Waals surface area contributed by atoms with Crippen LogP contribution in [-0.2, 0) is 27.3 Å². The van der Waals surface area contributed by atoms with Crippen molar-refractivity contribution in [3.63, 3.8) is 0 Å². The highest BCUT2D eigenvalue weighted by Crippen LogP contribution is 2.20. The van der Waals surface area contributed by atoms with Crippen molar-refractivity contribution in [1.29, 1.82) is 0 Å². The molecule has 0 saturated carbocycles. The van der Waals surface area contributed by atoms with Crippen molar-refractivity contribution in [2.75, 3.05) is 18.1 Å². The van der Waals surface area contributed by atoms with Crippen LogP contribution in [0.25, 0.3) is 0 Å². The topological polar surface area (TPSA) is 58.6 Å². The van der Waals surface area contributed by atoms with Gasteiger partial charge in [0, 0.05) is 25.3 Å². The van der Waals surface area contributed by atoms with Crippen LogP contribution in [0.2, 0.25) is 0 Å². The molecule has 2 aromatic carbocycles. The molecule has 1 atom stereocenters. The normalized spacial score (nSPS) is 15.9. The number of carbonyl (C=O) groups is 2. The zero-order chi connectivity index (χ0) is 20.6. The van der Waals surface area contributed by atoms with Gasteiger partial charge in [0.15, 0.2) is 0 Å². The first-order valence-corrected chi connectivity index (χ1v) is 10.4. The fraction of sp³-hybridized carbons (Fsp3) is 0.417. The summed E-state index contributed by atoms with van der Waals surface area (Å²) in [6.45, 7) is 5.83. The van der Waals surface area contributed by atoms with Crippen molar-refractivity contribution in [1.82, 2.24) is 5.32 Å². The summed E-state index contributed by atoms with van der Waals surface area (Å²) >= 11 is 0. The van der Waals surface area contributed by atoms with E-state index in [1.165, 1.54) is 5.56 Å². The molecule has 3 rings (SSSR count). The van der Waals surface area contributed by atoms with Crippen LogP contribution in [0.15, 0.2) is 48.5 Å². The number of aryl methyl sites for hydroxylation is 1. The third kappa shape index (κ3) is 6.16. The standard InChI is InChI=1S/C24H30N2O3/c1-3-24(28)26(17-20-7-4-6-18(2)14-20)21-11-9-19(10-12-21)15-23(27)25-16-22-8-5-13-29-22/h4,6-7,9-12,14,22H,3,5,8,13,15-17H2,1-2H3,(H,25,27). The molecule has 5 heteroatoms. The van der Waals surface area contributed by atoms with Gasteiger partial charge in [-0.2, -0.15) is 0 Å². The lowest BCUT2D eigenvalue weighted by molar-refractivity contribution is -0.121. The zero-order valence-corrected chi connectivity index (χ0v) is 17.3. The fourth-order valence-electron chi connectivity index (χ4n) is 3.58. The smallest absolute Gasteiger partial charge is 0.227 e. The highest BCUT2D eigenvalue weighted by molar-refractivity contribution is 5.93. The van der Waals surface area contributed by atoms with Gasteiger partial charge in [-0.1, -0.05) is 48.9 Å². The molecule has 2 amide bonds. The Morgan fingerprint density at radius 2 is 1.93 bits per heavy atom. The lowest BCUT2D eigenvalue weighted by Crippen LogP contribution is -2.32. The van der Waals surface area contributed by atoms with Gasteiger partial charge in [-0.05, 0) is 43.0 Å². The molecule has 0 radical (unpaired) electrons. The summed E-state index contributed by atoms with van der Waals surface area (Å²) in [5.74, 6) is 0.0723. The molecular formula is C24H30N2O3. The van der Waals surface area contributed by atoms with E-state index in [9.17, 15) is 9.59 Å². The molecule has 154 valence electrons. The van der Waals surface area contributed by atoms with Gasteiger partial charge in [-0.3, -0.25) is 9.59 Å². The SMILES string of the molecule is CCC(=O)N(Cc1cccc(C)c1)c1ccc(CC(=O)NCC2CCCO2)cc1. The lowest BCUT2D eigenvalue weighted by atomic mass is 10.1. The summed E-state index contributed by atoms with van der Waals surface area (Å²) in [5, 5.41) is 2.95. The second-order valence-corrected chi connectivity index (χ2v) is 7.60. The minimum atomic E-state index is -0.00509. The summed E-state index contributed by atoms with van der Waals surface area (Å²) in [4.78, 5) is 26.5. The molecule has 1 fully saturated rings. The predicted molar refractivity (Wildman–Crippen MR) is 115 cm³/mol. The van der Waals surface area contributed by atoms with Crippen LogP contribution in [0.5, 0.6) is 0 Å². The summed E-state index contributed by atoms with van der Waals surface area (Å²) in [7, 11) is 0. The molecule has 2 aromatic rings. The Balaban J connectivity index is 1.62. The zero-order valence-electron chi connectivity index (χ0n) is 17.3. The Morgan fingerprint density at radius 1 is 1.14 bits per heavy atom. The summed E-state index contributed by atoms with van der Waals surface area (Å²) in [6.07, 6.45) is 3.00. The number of hydrogen-bond donors (Lipinski definition) is 1. The molecule has 0 aliphatic carbocycles. The number of carbonyl (C=O) groups excluding carboxylic acids is 2. The third-order valence-corrected chi connectivity index (χ3v) is 5.19. The Morgan fingerprint density at radius 3 is 2.59 bits per heavy atom. The number of ether oxygens (including phenoxy) is 1. The average Bonchev–Trinajstić information content (AvgIpc) is 3.24. The van der Waals surface area contributed by atoms with Crippen LogP contribution < -0.4 is 10.2 Å². The van der Waals surface area contributed by atoms with Gasteiger partial charge in [-0.15, -0.1) is 0 Å². The van der Waals surface area contributed by atoms with Crippen LogP contribution in [-0.4, -0.2) is 31.1 Å². The van der Waals surface area contributed by atoms with E-state index in [-0.39, 0.29) is 17.9 Å². The molecule has 29 heavy (non-hydrogen) atoms. The predicted octanol–water partition coefficient (Wildman–Crippen LogP) is 3.78. The van der Waals surface area contributed by atoms with Gasteiger partial charge in [0.1, 0.15) is 0 Å². The molecule has 0 spiro atoms. The largest absolute Gasteiger partial charge is 0.376 e. The highest BCUT2D eigenvalue weighted by Gasteiger charge is 2.17.